The van der Waals surface area contributed by atoms with Crippen molar-refractivity contribution >= 4 is 23.2 Å². The molecule has 1 fully saturated rings. The maximum Gasteiger partial charge on any atom is 0.293 e. The maximum atomic E-state index is 12.3. The van der Waals surface area contributed by atoms with Crippen LogP contribution in [0.3, 0.4) is 0 Å². The first-order valence-electron chi connectivity index (χ1n) is 9.21. The first-order chi connectivity index (χ1) is 13.6. The maximum absolute atomic E-state index is 12.3. The number of anilines is 1. The van der Waals surface area contributed by atoms with E-state index in [0.29, 0.717) is 11.3 Å². The van der Waals surface area contributed by atoms with E-state index in [1.165, 1.54) is 6.07 Å². The van der Waals surface area contributed by atoms with Crippen LogP contribution in [0.15, 0.2) is 48.5 Å². The van der Waals surface area contributed by atoms with Gasteiger partial charge in [-0.15, -0.1) is 0 Å². The second-order valence-corrected chi connectivity index (χ2v) is 6.53. The Balaban J connectivity index is 1.56. The van der Waals surface area contributed by atoms with Crippen LogP contribution in [0.2, 0.25) is 0 Å². The lowest BCUT2D eigenvalue weighted by atomic mass is 10.1. The Morgan fingerprint density at radius 3 is 2.14 bits per heavy atom. The van der Waals surface area contributed by atoms with E-state index in [4.69, 9.17) is 0 Å². The van der Waals surface area contributed by atoms with Crippen molar-refractivity contribution in [3.8, 4) is 0 Å². The molecule has 28 heavy (non-hydrogen) atoms. The van der Waals surface area contributed by atoms with Crippen molar-refractivity contribution in [2.45, 2.75) is 12.8 Å². The molecule has 2 aromatic rings. The summed E-state index contributed by atoms with van der Waals surface area (Å²) in [5.41, 5.74) is 1.26. The van der Waals surface area contributed by atoms with Gasteiger partial charge in [0.2, 0.25) is 0 Å². The van der Waals surface area contributed by atoms with Gasteiger partial charge in [0.25, 0.3) is 17.5 Å². The van der Waals surface area contributed by atoms with E-state index in [-0.39, 0.29) is 30.2 Å². The molecular formula is C20H22N4O4. The summed E-state index contributed by atoms with van der Waals surface area (Å²) in [6.45, 7) is 2.05. The van der Waals surface area contributed by atoms with E-state index in [1.54, 1.807) is 36.4 Å². The number of nitrogens with zero attached hydrogens (tertiary/aromatic N) is 2. The average molecular weight is 382 g/mol. The number of benzene rings is 2. The van der Waals surface area contributed by atoms with Crippen molar-refractivity contribution < 1.29 is 14.5 Å². The summed E-state index contributed by atoms with van der Waals surface area (Å²) in [5.74, 6) is -0.634. The van der Waals surface area contributed by atoms with Crippen LogP contribution in [0, 0.1) is 10.1 Å². The molecule has 2 N–H and O–H groups in total. The van der Waals surface area contributed by atoms with Gasteiger partial charge in [-0.05, 0) is 37.1 Å². The Morgan fingerprint density at radius 2 is 1.54 bits per heavy atom. The number of carbonyl (C=O) groups excluding carboxylic acids is 2. The predicted octanol–water partition coefficient (Wildman–Crippen LogP) is 2.35. The van der Waals surface area contributed by atoms with Gasteiger partial charge in [0, 0.05) is 43.4 Å². The molecule has 8 heteroatoms. The fourth-order valence-electron chi connectivity index (χ4n) is 3.18. The Bertz CT molecular complexity index is 864. The lowest BCUT2D eigenvalue weighted by Crippen LogP contribution is -2.34. The monoisotopic (exact) mass is 382 g/mol. The first kappa shape index (κ1) is 19.3. The van der Waals surface area contributed by atoms with Crippen LogP contribution in [0.4, 0.5) is 11.4 Å². The van der Waals surface area contributed by atoms with Crippen LogP contribution in [-0.4, -0.2) is 42.9 Å². The molecule has 8 nitrogen and oxygen atoms in total. The molecule has 0 aliphatic carbocycles. The molecule has 0 radical (unpaired) electrons. The van der Waals surface area contributed by atoms with Gasteiger partial charge >= 0.3 is 0 Å². The van der Waals surface area contributed by atoms with Gasteiger partial charge in [-0.2, -0.15) is 0 Å². The summed E-state index contributed by atoms with van der Waals surface area (Å²) < 4.78 is 0. The molecule has 0 aromatic heterocycles. The van der Waals surface area contributed by atoms with Crippen molar-refractivity contribution in [1.29, 1.82) is 0 Å². The van der Waals surface area contributed by atoms with Crippen LogP contribution >= 0.6 is 0 Å². The van der Waals surface area contributed by atoms with E-state index in [1.807, 2.05) is 11.0 Å². The third-order valence-electron chi connectivity index (χ3n) is 4.61. The second-order valence-electron chi connectivity index (χ2n) is 6.53. The molecule has 0 saturated carbocycles. The third-order valence-corrected chi connectivity index (χ3v) is 4.61. The number of hydrogen-bond acceptors (Lipinski definition) is 5. The van der Waals surface area contributed by atoms with Crippen LogP contribution < -0.4 is 15.5 Å². The molecule has 0 atom stereocenters. The van der Waals surface area contributed by atoms with Gasteiger partial charge in [-0.3, -0.25) is 19.7 Å². The summed E-state index contributed by atoms with van der Waals surface area (Å²) in [4.78, 5) is 37.2. The largest absolute Gasteiger partial charge is 0.366 e. The SMILES string of the molecule is O=C(NCCNC(=O)c1ccc(N2CCCC2)c([N+](=O)[O-])c1)c1ccccc1. The van der Waals surface area contributed by atoms with Crippen molar-refractivity contribution in [3.05, 3.63) is 69.8 Å². The second kappa shape index (κ2) is 8.98. The molecule has 0 bridgehead atoms. The molecule has 1 heterocycles. The average Bonchev–Trinajstić information content (AvgIpc) is 3.25. The molecular weight excluding hydrogens is 360 g/mol. The summed E-state index contributed by atoms with van der Waals surface area (Å²) in [6, 6.07) is 13.3. The third kappa shape index (κ3) is 4.64. The van der Waals surface area contributed by atoms with Gasteiger partial charge < -0.3 is 15.5 Å². The van der Waals surface area contributed by atoms with Gasteiger partial charge in [0.1, 0.15) is 5.69 Å². The zero-order valence-electron chi connectivity index (χ0n) is 15.4. The molecule has 2 amide bonds. The Hall–Kier alpha value is -3.42. The molecule has 0 unspecified atom stereocenters. The van der Waals surface area contributed by atoms with Crippen LogP contribution in [0.1, 0.15) is 33.6 Å². The quantitative estimate of drug-likeness (QED) is 0.435. The number of nitro groups is 1. The van der Waals surface area contributed by atoms with Crippen molar-refractivity contribution in [3.63, 3.8) is 0 Å². The smallest absolute Gasteiger partial charge is 0.293 e. The van der Waals surface area contributed by atoms with Gasteiger partial charge in [0.05, 0.1) is 4.92 Å². The van der Waals surface area contributed by atoms with E-state index in [2.05, 4.69) is 10.6 Å². The zero-order chi connectivity index (χ0) is 19.9. The fraction of sp³-hybridized carbons (Fsp3) is 0.300. The zero-order valence-corrected chi connectivity index (χ0v) is 15.4. The highest BCUT2D eigenvalue weighted by Gasteiger charge is 2.23. The highest BCUT2D eigenvalue weighted by Crippen LogP contribution is 2.31. The van der Waals surface area contributed by atoms with E-state index >= 15 is 0 Å². The van der Waals surface area contributed by atoms with Crippen LogP contribution in [0.25, 0.3) is 0 Å². The number of nitrogens with one attached hydrogen (secondary N) is 2. The minimum absolute atomic E-state index is 0.0630. The predicted molar refractivity (Wildman–Crippen MR) is 106 cm³/mol. The van der Waals surface area contributed by atoms with Gasteiger partial charge in [-0.1, -0.05) is 18.2 Å². The molecule has 3 rings (SSSR count). The number of carbonyl (C=O) groups is 2. The lowest BCUT2D eigenvalue weighted by Gasteiger charge is -2.17. The normalized spacial score (nSPS) is 13.2. The number of hydrogen-bond donors (Lipinski definition) is 2. The number of amides is 2. The van der Waals surface area contributed by atoms with Crippen molar-refractivity contribution in [2.75, 3.05) is 31.1 Å². The molecule has 146 valence electrons. The van der Waals surface area contributed by atoms with E-state index in [9.17, 15) is 19.7 Å². The molecule has 1 aliphatic rings. The topological polar surface area (TPSA) is 105 Å². The standard InChI is InChI=1S/C20H22N4O4/c25-19(15-6-2-1-3-7-15)21-10-11-22-20(26)16-8-9-17(18(14-16)24(27)28)23-12-4-5-13-23/h1-3,6-9,14H,4-5,10-13H2,(H,21,25)(H,22,26). The molecule has 1 aliphatic heterocycles. The van der Waals surface area contributed by atoms with Crippen LogP contribution in [-0.2, 0) is 0 Å². The number of rotatable bonds is 7. The Kier molecular flexibility index (Phi) is 6.21. The summed E-state index contributed by atoms with van der Waals surface area (Å²) in [7, 11) is 0. The van der Waals surface area contributed by atoms with Crippen molar-refractivity contribution in [2.24, 2.45) is 0 Å². The summed E-state index contributed by atoms with van der Waals surface area (Å²) >= 11 is 0. The molecule has 1 saturated heterocycles. The highest BCUT2D eigenvalue weighted by molar-refractivity contribution is 5.96. The minimum Gasteiger partial charge on any atom is -0.366 e. The van der Waals surface area contributed by atoms with Gasteiger partial charge in [-0.25, -0.2) is 0 Å². The Labute approximate surface area is 162 Å². The summed E-state index contributed by atoms with van der Waals surface area (Å²) in [6.07, 6.45) is 2.02. The van der Waals surface area contributed by atoms with Gasteiger partial charge in [0.15, 0.2) is 0 Å². The van der Waals surface area contributed by atoms with E-state index in [0.717, 1.165) is 25.9 Å². The highest BCUT2D eigenvalue weighted by atomic mass is 16.6. The lowest BCUT2D eigenvalue weighted by molar-refractivity contribution is -0.384. The fourth-order valence-corrected chi connectivity index (χ4v) is 3.18. The number of nitro benzene ring substituents is 1. The minimum atomic E-state index is -0.454. The van der Waals surface area contributed by atoms with E-state index < -0.39 is 10.8 Å². The van der Waals surface area contributed by atoms with Crippen LogP contribution in [0.5, 0.6) is 0 Å². The van der Waals surface area contributed by atoms with Crippen molar-refractivity contribution in [1.82, 2.24) is 10.6 Å². The summed E-state index contributed by atoms with van der Waals surface area (Å²) in [5, 5.41) is 16.8. The Morgan fingerprint density at radius 1 is 0.929 bits per heavy atom. The first-order valence-corrected chi connectivity index (χ1v) is 9.21. The molecule has 2 aromatic carbocycles. The molecule has 0 spiro atoms.